The fourth-order valence-electron chi connectivity index (χ4n) is 4.60. The average molecular weight is 429 g/mol. The molecule has 4 rings (SSSR count). The number of imidazole rings is 1. The molecule has 31 heavy (non-hydrogen) atoms. The van der Waals surface area contributed by atoms with Gasteiger partial charge in [0, 0.05) is 38.8 Å². The van der Waals surface area contributed by atoms with E-state index in [1.165, 1.54) is 12.1 Å². The number of piperidine rings is 1. The molecule has 0 bridgehead atoms. The summed E-state index contributed by atoms with van der Waals surface area (Å²) in [6, 6.07) is 6.25. The largest absolute Gasteiger partial charge is 0.466 e. The molecular formula is C23H29FN4O3. The third-order valence-electron chi connectivity index (χ3n) is 6.18. The number of ether oxygens (including phenoxy) is 1. The highest BCUT2D eigenvalue weighted by Crippen LogP contribution is 2.39. The number of nitrogens with zero attached hydrogens (tertiary/aromatic N) is 4. The molecule has 1 aromatic heterocycles. The molecule has 2 atom stereocenters. The molecular weight excluding hydrogens is 399 g/mol. The molecule has 1 aromatic carbocycles. The maximum absolute atomic E-state index is 13.2. The minimum Gasteiger partial charge on any atom is -0.466 e. The summed E-state index contributed by atoms with van der Waals surface area (Å²) in [6.07, 6.45) is 6.30. The quantitative estimate of drug-likeness (QED) is 0.633. The summed E-state index contributed by atoms with van der Waals surface area (Å²) < 4.78 is 20.7. The highest BCUT2D eigenvalue weighted by atomic mass is 19.1. The lowest BCUT2D eigenvalue weighted by atomic mass is 9.74. The molecule has 1 saturated heterocycles. The van der Waals surface area contributed by atoms with Gasteiger partial charge in [0.1, 0.15) is 17.7 Å². The summed E-state index contributed by atoms with van der Waals surface area (Å²) in [7, 11) is 1.98. The first-order chi connectivity index (χ1) is 15.0. The zero-order valence-corrected chi connectivity index (χ0v) is 18.1. The van der Waals surface area contributed by atoms with E-state index >= 15 is 0 Å². The first-order valence-corrected chi connectivity index (χ1v) is 10.8. The number of carbonyl (C=O) groups excluding carboxylic acids is 1. The van der Waals surface area contributed by atoms with Crippen LogP contribution in [0.3, 0.4) is 0 Å². The Hall–Kier alpha value is -2.74. The summed E-state index contributed by atoms with van der Waals surface area (Å²) in [5, 5.41) is 4.23. The van der Waals surface area contributed by atoms with Crippen molar-refractivity contribution >= 4 is 11.7 Å². The van der Waals surface area contributed by atoms with Crippen molar-refractivity contribution in [1.82, 2.24) is 14.5 Å². The third-order valence-corrected chi connectivity index (χ3v) is 6.18. The van der Waals surface area contributed by atoms with Crippen LogP contribution in [0.1, 0.15) is 44.0 Å². The Labute approximate surface area is 181 Å². The number of carbonyl (C=O) groups is 1. The van der Waals surface area contributed by atoms with Crippen molar-refractivity contribution < 1.29 is 18.8 Å². The van der Waals surface area contributed by atoms with Gasteiger partial charge in [-0.3, -0.25) is 9.69 Å². The van der Waals surface area contributed by atoms with Gasteiger partial charge < -0.3 is 14.1 Å². The van der Waals surface area contributed by atoms with Gasteiger partial charge in [-0.2, -0.15) is 0 Å². The zero-order chi connectivity index (χ0) is 21.8. The van der Waals surface area contributed by atoms with E-state index in [0.717, 1.165) is 36.5 Å². The van der Waals surface area contributed by atoms with Crippen LogP contribution in [0.4, 0.5) is 4.39 Å². The molecule has 0 unspecified atom stereocenters. The maximum Gasteiger partial charge on any atom is 0.313 e. The number of aryl methyl sites for hydroxylation is 1. The van der Waals surface area contributed by atoms with Crippen molar-refractivity contribution in [3.63, 3.8) is 0 Å². The van der Waals surface area contributed by atoms with Gasteiger partial charge in [-0.15, -0.1) is 0 Å². The van der Waals surface area contributed by atoms with Crippen LogP contribution in [0.2, 0.25) is 0 Å². The number of hydrogen-bond donors (Lipinski definition) is 0. The molecule has 0 radical (unpaired) electrons. The lowest BCUT2D eigenvalue weighted by Gasteiger charge is -2.41. The minimum absolute atomic E-state index is 0.168. The van der Waals surface area contributed by atoms with Crippen molar-refractivity contribution in [2.45, 2.75) is 45.3 Å². The number of aromatic nitrogens is 2. The van der Waals surface area contributed by atoms with Crippen LogP contribution >= 0.6 is 0 Å². The molecule has 0 saturated carbocycles. The van der Waals surface area contributed by atoms with Gasteiger partial charge in [0.25, 0.3) is 0 Å². The summed E-state index contributed by atoms with van der Waals surface area (Å²) in [6.45, 7) is 4.39. The molecule has 2 aromatic rings. The standard InChI is InChI=1S/C23H29FN4O3/c1-3-30-22(29)23(9-4-11-28(16-23)15-21-25-10-12-27(21)2)14-19-13-20(26-31-19)17-5-7-18(24)8-6-17/h5-8,10,12,19H,3-4,9,11,13-16H2,1-2H3/t19-,23-/m0/s1. The summed E-state index contributed by atoms with van der Waals surface area (Å²) in [5.41, 5.74) is 0.983. The monoisotopic (exact) mass is 428 g/mol. The second-order valence-corrected chi connectivity index (χ2v) is 8.45. The van der Waals surface area contributed by atoms with Crippen molar-refractivity contribution in [2.24, 2.45) is 17.6 Å². The first-order valence-electron chi connectivity index (χ1n) is 10.8. The van der Waals surface area contributed by atoms with Crippen LogP contribution in [0.15, 0.2) is 41.8 Å². The van der Waals surface area contributed by atoms with Crippen LogP contribution in [0.25, 0.3) is 0 Å². The fourth-order valence-corrected chi connectivity index (χ4v) is 4.60. The Balaban J connectivity index is 1.47. The van der Waals surface area contributed by atoms with Crippen molar-refractivity contribution in [3.8, 4) is 0 Å². The molecule has 8 heteroatoms. The molecule has 0 aliphatic carbocycles. The van der Waals surface area contributed by atoms with E-state index in [9.17, 15) is 9.18 Å². The van der Waals surface area contributed by atoms with Crippen LogP contribution in [0.5, 0.6) is 0 Å². The number of oxime groups is 1. The van der Waals surface area contributed by atoms with E-state index in [1.807, 2.05) is 24.7 Å². The van der Waals surface area contributed by atoms with E-state index in [0.29, 0.717) is 32.5 Å². The molecule has 0 amide bonds. The predicted octanol–water partition coefficient (Wildman–Crippen LogP) is 3.29. The second kappa shape index (κ2) is 9.18. The summed E-state index contributed by atoms with van der Waals surface area (Å²) in [5.74, 6) is 0.521. The topological polar surface area (TPSA) is 69.0 Å². The van der Waals surface area contributed by atoms with Gasteiger partial charge in [0.2, 0.25) is 0 Å². The number of esters is 1. The van der Waals surface area contributed by atoms with Crippen molar-refractivity contribution in [3.05, 3.63) is 53.9 Å². The molecule has 2 aliphatic rings. The maximum atomic E-state index is 13.2. The fraction of sp³-hybridized carbons (Fsp3) is 0.522. The molecule has 7 nitrogen and oxygen atoms in total. The number of benzene rings is 1. The lowest BCUT2D eigenvalue weighted by Crippen LogP contribution is -2.50. The Bertz CT molecular complexity index is 943. The minimum atomic E-state index is -0.641. The highest BCUT2D eigenvalue weighted by Gasteiger charge is 2.46. The normalized spacial score (nSPS) is 24.0. The molecule has 3 heterocycles. The van der Waals surface area contributed by atoms with E-state index in [2.05, 4.69) is 15.0 Å². The van der Waals surface area contributed by atoms with Gasteiger partial charge in [-0.1, -0.05) is 17.3 Å². The van der Waals surface area contributed by atoms with E-state index in [-0.39, 0.29) is 17.9 Å². The molecule has 2 aliphatic heterocycles. The van der Waals surface area contributed by atoms with E-state index in [1.54, 1.807) is 18.3 Å². The summed E-state index contributed by atoms with van der Waals surface area (Å²) >= 11 is 0. The SMILES string of the molecule is CCOC(=O)[C@]1(C[C@@H]2CC(c3ccc(F)cc3)=NO2)CCCN(Cc2nccn2C)C1. The Morgan fingerprint density at radius 2 is 2.16 bits per heavy atom. The van der Waals surface area contributed by atoms with Crippen LogP contribution < -0.4 is 0 Å². The smallest absolute Gasteiger partial charge is 0.313 e. The van der Waals surface area contributed by atoms with E-state index in [4.69, 9.17) is 9.57 Å². The number of halogens is 1. The van der Waals surface area contributed by atoms with E-state index < -0.39 is 5.41 Å². The molecule has 166 valence electrons. The van der Waals surface area contributed by atoms with Gasteiger partial charge >= 0.3 is 5.97 Å². The third kappa shape index (κ3) is 4.79. The predicted molar refractivity (Wildman–Crippen MR) is 114 cm³/mol. The Morgan fingerprint density at radius 3 is 2.87 bits per heavy atom. The average Bonchev–Trinajstić information content (AvgIpc) is 3.38. The van der Waals surface area contributed by atoms with Gasteiger partial charge in [-0.05, 0) is 44.0 Å². The second-order valence-electron chi connectivity index (χ2n) is 8.45. The molecule has 0 N–H and O–H groups in total. The molecule has 0 spiro atoms. The Morgan fingerprint density at radius 1 is 1.35 bits per heavy atom. The number of rotatable bonds is 7. The highest BCUT2D eigenvalue weighted by molar-refractivity contribution is 6.01. The van der Waals surface area contributed by atoms with Crippen LogP contribution in [-0.4, -0.2) is 51.9 Å². The molecule has 1 fully saturated rings. The number of hydrogen-bond acceptors (Lipinski definition) is 6. The first kappa shape index (κ1) is 21.5. The van der Waals surface area contributed by atoms with Gasteiger partial charge in [0.15, 0.2) is 0 Å². The van der Waals surface area contributed by atoms with Crippen LogP contribution in [-0.2, 0) is 28.0 Å². The van der Waals surface area contributed by atoms with Crippen LogP contribution in [0, 0.1) is 11.2 Å². The van der Waals surface area contributed by atoms with Gasteiger partial charge in [-0.25, -0.2) is 9.37 Å². The van der Waals surface area contributed by atoms with Gasteiger partial charge in [0.05, 0.1) is 24.3 Å². The zero-order valence-electron chi connectivity index (χ0n) is 18.1. The lowest BCUT2D eigenvalue weighted by molar-refractivity contribution is -0.162. The Kier molecular flexibility index (Phi) is 6.36. The summed E-state index contributed by atoms with van der Waals surface area (Å²) in [4.78, 5) is 25.5. The number of likely N-dealkylation sites (tertiary alicyclic amines) is 1. The van der Waals surface area contributed by atoms with Crippen molar-refractivity contribution in [1.29, 1.82) is 0 Å². The van der Waals surface area contributed by atoms with Crippen molar-refractivity contribution in [2.75, 3.05) is 19.7 Å².